The van der Waals surface area contributed by atoms with E-state index in [0.29, 0.717) is 6.54 Å². The van der Waals surface area contributed by atoms with Crippen LogP contribution in [0.3, 0.4) is 0 Å². The van der Waals surface area contributed by atoms with Crippen molar-refractivity contribution in [2.24, 2.45) is 22.5 Å². The van der Waals surface area contributed by atoms with Crippen LogP contribution in [0, 0.1) is 16.7 Å². The normalized spacial score (nSPS) is 29.1. The molecule has 0 radical (unpaired) electrons. The maximum Gasteiger partial charge on any atom is 0.223 e. The number of carbonyl (C=O) groups excluding carboxylic acids is 1. The number of hydrogen-bond donors (Lipinski definition) is 2. The van der Waals surface area contributed by atoms with Crippen LogP contribution >= 0.6 is 0 Å². The lowest BCUT2D eigenvalue weighted by Gasteiger charge is -2.38. The van der Waals surface area contributed by atoms with Crippen LogP contribution in [0.25, 0.3) is 0 Å². The minimum atomic E-state index is 0.161. The summed E-state index contributed by atoms with van der Waals surface area (Å²) in [6, 6.07) is 0. The first-order valence-electron chi connectivity index (χ1n) is 7.97. The van der Waals surface area contributed by atoms with Gasteiger partial charge in [-0.05, 0) is 43.1 Å². The van der Waals surface area contributed by atoms with Crippen LogP contribution < -0.4 is 11.1 Å². The van der Waals surface area contributed by atoms with Crippen LogP contribution in [-0.4, -0.2) is 19.0 Å². The van der Waals surface area contributed by atoms with Crippen molar-refractivity contribution in [3.8, 4) is 0 Å². The maximum absolute atomic E-state index is 12.5. The van der Waals surface area contributed by atoms with Gasteiger partial charge in [0.05, 0.1) is 0 Å². The summed E-state index contributed by atoms with van der Waals surface area (Å²) >= 11 is 0. The van der Waals surface area contributed by atoms with Crippen LogP contribution in [0.2, 0.25) is 0 Å². The van der Waals surface area contributed by atoms with Gasteiger partial charge in [0, 0.05) is 12.5 Å². The molecule has 2 saturated carbocycles. The molecule has 0 saturated heterocycles. The zero-order valence-corrected chi connectivity index (χ0v) is 12.6. The van der Waals surface area contributed by atoms with Gasteiger partial charge in [0.2, 0.25) is 5.91 Å². The highest BCUT2D eigenvalue weighted by Gasteiger charge is 2.38. The quantitative estimate of drug-likeness (QED) is 0.822. The van der Waals surface area contributed by atoms with Crippen molar-refractivity contribution in [2.45, 2.75) is 65.2 Å². The van der Waals surface area contributed by atoms with Crippen LogP contribution in [0.5, 0.6) is 0 Å². The third kappa shape index (κ3) is 3.31. The molecule has 1 amide bonds. The van der Waals surface area contributed by atoms with E-state index in [0.717, 1.165) is 13.0 Å². The molecule has 0 bridgehead atoms. The van der Waals surface area contributed by atoms with E-state index >= 15 is 0 Å². The molecule has 2 aliphatic rings. The molecule has 1 unspecified atom stereocenters. The lowest BCUT2D eigenvalue weighted by atomic mass is 9.68. The molecule has 2 rings (SSSR count). The van der Waals surface area contributed by atoms with Crippen molar-refractivity contribution < 1.29 is 4.79 Å². The summed E-state index contributed by atoms with van der Waals surface area (Å²) in [4.78, 5) is 12.5. The molecule has 2 aliphatic carbocycles. The molecular formula is C16H30N2O. The third-order valence-corrected chi connectivity index (χ3v) is 5.56. The van der Waals surface area contributed by atoms with Crippen LogP contribution in [0.1, 0.15) is 65.2 Å². The van der Waals surface area contributed by atoms with E-state index < -0.39 is 0 Å². The summed E-state index contributed by atoms with van der Waals surface area (Å²) in [7, 11) is 0. The number of nitrogens with two attached hydrogens (primary N) is 1. The fourth-order valence-electron chi connectivity index (χ4n) is 3.96. The molecule has 3 heteroatoms. The Hall–Kier alpha value is -0.570. The highest BCUT2D eigenvalue weighted by atomic mass is 16.1. The van der Waals surface area contributed by atoms with E-state index in [4.69, 9.17) is 5.73 Å². The van der Waals surface area contributed by atoms with Crippen molar-refractivity contribution >= 4 is 5.91 Å². The largest absolute Gasteiger partial charge is 0.355 e. The lowest BCUT2D eigenvalue weighted by Crippen LogP contribution is -2.46. The van der Waals surface area contributed by atoms with E-state index in [-0.39, 0.29) is 22.7 Å². The smallest absolute Gasteiger partial charge is 0.223 e. The second-order valence-electron chi connectivity index (χ2n) is 7.42. The average Bonchev–Trinajstić information content (AvgIpc) is 2.85. The highest BCUT2D eigenvalue weighted by Crippen LogP contribution is 2.41. The van der Waals surface area contributed by atoms with Gasteiger partial charge in [-0.3, -0.25) is 4.79 Å². The summed E-state index contributed by atoms with van der Waals surface area (Å²) in [5.74, 6) is 0.460. The first-order chi connectivity index (χ1) is 8.99. The van der Waals surface area contributed by atoms with Crippen molar-refractivity contribution in [1.29, 1.82) is 0 Å². The van der Waals surface area contributed by atoms with Gasteiger partial charge < -0.3 is 11.1 Å². The van der Waals surface area contributed by atoms with Crippen LogP contribution in [0.4, 0.5) is 0 Å². The molecule has 0 aliphatic heterocycles. The molecular weight excluding hydrogens is 236 g/mol. The van der Waals surface area contributed by atoms with E-state index in [1.54, 1.807) is 0 Å². The average molecular weight is 266 g/mol. The second-order valence-corrected chi connectivity index (χ2v) is 7.42. The zero-order valence-electron chi connectivity index (χ0n) is 12.6. The molecule has 19 heavy (non-hydrogen) atoms. The van der Waals surface area contributed by atoms with Gasteiger partial charge in [-0.15, -0.1) is 0 Å². The van der Waals surface area contributed by atoms with Gasteiger partial charge in [-0.2, -0.15) is 0 Å². The van der Waals surface area contributed by atoms with E-state index in [1.165, 1.54) is 44.9 Å². The second kappa shape index (κ2) is 5.82. The number of rotatable bonds is 4. The predicted octanol–water partition coefficient (Wildman–Crippen LogP) is 2.84. The summed E-state index contributed by atoms with van der Waals surface area (Å²) in [6.07, 6.45) is 9.58. The van der Waals surface area contributed by atoms with Gasteiger partial charge in [0.25, 0.3) is 0 Å². The molecule has 110 valence electrons. The van der Waals surface area contributed by atoms with Crippen molar-refractivity contribution in [3.63, 3.8) is 0 Å². The van der Waals surface area contributed by atoms with Gasteiger partial charge in [0.15, 0.2) is 0 Å². The zero-order chi connectivity index (χ0) is 13.9. The number of amides is 1. The first-order valence-corrected chi connectivity index (χ1v) is 7.97. The summed E-state index contributed by atoms with van der Waals surface area (Å²) in [6.45, 7) is 5.98. The standard InChI is InChI=1S/C16H30N2O/c1-15(2)8-4-3-7-13(15)14(19)18-12-16(11-17)9-5-6-10-16/h13H,3-12,17H2,1-2H3,(H,18,19). The summed E-state index contributed by atoms with van der Waals surface area (Å²) < 4.78 is 0. The van der Waals surface area contributed by atoms with E-state index in [1.807, 2.05) is 0 Å². The van der Waals surface area contributed by atoms with Crippen molar-refractivity contribution in [1.82, 2.24) is 5.32 Å². The number of carbonyl (C=O) groups is 1. The third-order valence-electron chi connectivity index (χ3n) is 5.56. The van der Waals surface area contributed by atoms with Crippen molar-refractivity contribution in [2.75, 3.05) is 13.1 Å². The van der Waals surface area contributed by atoms with Gasteiger partial charge >= 0.3 is 0 Å². The van der Waals surface area contributed by atoms with E-state index in [9.17, 15) is 4.79 Å². The molecule has 0 heterocycles. The molecule has 3 nitrogen and oxygen atoms in total. The molecule has 0 aromatic carbocycles. The minimum Gasteiger partial charge on any atom is -0.355 e. The predicted molar refractivity (Wildman–Crippen MR) is 78.7 cm³/mol. The minimum absolute atomic E-state index is 0.161. The van der Waals surface area contributed by atoms with Crippen LogP contribution in [0.15, 0.2) is 0 Å². The molecule has 0 aromatic heterocycles. The highest BCUT2D eigenvalue weighted by molar-refractivity contribution is 5.79. The molecule has 3 N–H and O–H groups in total. The van der Waals surface area contributed by atoms with Gasteiger partial charge in [-0.25, -0.2) is 0 Å². The summed E-state index contributed by atoms with van der Waals surface area (Å²) in [5, 5.41) is 3.22. The fraction of sp³-hybridized carbons (Fsp3) is 0.938. The van der Waals surface area contributed by atoms with Crippen LogP contribution in [-0.2, 0) is 4.79 Å². The molecule has 0 aromatic rings. The Labute approximate surface area is 117 Å². The Kier molecular flexibility index (Phi) is 4.54. The maximum atomic E-state index is 12.5. The first kappa shape index (κ1) is 14.8. The fourth-order valence-corrected chi connectivity index (χ4v) is 3.96. The lowest BCUT2D eigenvalue weighted by molar-refractivity contribution is -0.130. The topological polar surface area (TPSA) is 55.1 Å². The molecule has 1 atom stereocenters. The molecule has 2 fully saturated rings. The summed E-state index contributed by atoms with van der Waals surface area (Å²) in [5.41, 5.74) is 6.29. The Morgan fingerprint density at radius 1 is 1.16 bits per heavy atom. The Morgan fingerprint density at radius 2 is 1.79 bits per heavy atom. The van der Waals surface area contributed by atoms with Gasteiger partial charge in [0.1, 0.15) is 0 Å². The molecule has 0 spiro atoms. The Bertz CT molecular complexity index is 319. The Balaban J connectivity index is 1.90. The monoisotopic (exact) mass is 266 g/mol. The SMILES string of the molecule is CC1(C)CCCCC1C(=O)NCC1(CN)CCCC1. The van der Waals surface area contributed by atoms with Crippen molar-refractivity contribution in [3.05, 3.63) is 0 Å². The number of nitrogens with one attached hydrogen (secondary N) is 1. The van der Waals surface area contributed by atoms with E-state index in [2.05, 4.69) is 19.2 Å². The van der Waals surface area contributed by atoms with Gasteiger partial charge in [-0.1, -0.05) is 39.5 Å². The number of hydrogen-bond acceptors (Lipinski definition) is 2. The Morgan fingerprint density at radius 3 is 2.37 bits per heavy atom.